The zero-order valence-corrected chi connectivity index (χ0v) is 15.2. The zero-order chi connectivity index (χ0) is 21.0. The van der Waals surface area contributed by atoms with Crippen LogP contribution in [0.2, 0.25) is 0 Å². The minimum Gasteiger partial charge on any atom is -0.395 e. The molecule has 0 unspecified atom stereocenters. The van der Waals surface area contributed by atoms with Gasteiger partial charge in [0.1, 0.15) is 5.82 Å². The summed E-state index contributed by atoms with van der Waals surface area (Å²) in [5, 5.41) is 2.93. The van der Waals surface area contributed by atoms with Crippen molar-refractivity contribution in [1.29, 1.82) is 0 Å². The molecule has 5 rings (SSSR count). The van der Waals surface area contributed by atoms with Crippen LogP contribution in [0.25, 0.3) is 16.9 Å². The van der Waals surface area contributed by atoms with Gasteiger partial charge in [-0.15, -0.1) is 8.78 Å². The highest BCUT2D eigenvalue weighted by Gasteiger charge is 2.43. The first kappa shape index (κ1) is 18.2. The Kier molecular flexibility index (Phi) is 3.82. The number of ether oxygens (including phenoxy) is 2. The van der Waals surface area contributed by atoms with Crippen LogP contribution in [0.3, 0.4) is 0 Å². The molecule has 1 aliphatic rings. The smallest absolute Gasteiger partial charge is 0.395 e. The summed E-state index contributed by atoms with van der Waals surface area (Å²) in [4.78, 5) is 12.7. The average molecular weight is 417 g/mol. The van der Waals surface area contributed by atoms with Crippen LogP contribution in [-0.2, 0) is 0 Å². The number of imidazole rings is 1. The number of aromatic nitrogens is 4. The monoisotopic (exact) mass is 417 g/mol. The number of hydrogen-bond donors (Lipinski definition) is 1. The Balaban J connectivity index is 1.50. The molecule has 4 aromatic rings. The van der Waals surface area contributed by atoms with E-state index in [-0.39, 0.29) is 22.8 Å². The van der Waals surface area contributed by atoms with Crippen molar-refractivity contribution < 1.29 is 27.0 Å². The van der Waals surface area contributed by atoms with Gasteiger partial charge in [0.25, 0.3) is 0 Å². The summed E-state index contributed by atoms with van der Waals surface area (Å²) in [7, 11) is 0. The Morgan fingerprint density at radius 1 is 0.967 bits per heavy atom. The number of fused-ring (bicyclic) bond motifs is 2. The highest BCUT2D eigenvalue weighted by molar-refractivity contribution is 5.78. The lowest BCUT2D eigenvalue weighted by atomic mass is 10.3. The van der Waals surface area contributed by atoms with Gasteiger partial charge in [-0.3, -0.25) is 9.55 Å². The molecule has 0 spiro atoms. The molecule has 0 fully saturated rings. The normalized spacial score (nSPS) is 14.3. The molecule has 1 N–H and O–H groups in total. The molecule has 0 radical (unpaired) electrons. The SMILES string of the molecule is Cc1nc2cc(F)c(F)cc2n1-c1cncc(Nc2ccc3c(c2)OC(F)(F)O3)n1. The number of hydrogen-bond acceptors (Lipinski definition) is 6. The van der Waals surface area contributed by atoms with E-state index in [0.717, 1.165) is 12.1 Å². The second-order valence-electron chi connectivity index (χ2n) is 6.47. The van der Waals surface area contributed by atoms with Gasteiger partial charge in [-0.05, 0) is 19.1 Å². The highest BCUT2D eigenvalue weighted by Crippen LogP contribution is 2.42. The van der Waals surface area contributed by atoms with E-state index < -0.39 is 17.9 Å². The van der Waals surface area contributed by atoms with Gasteiger partial charge in [-0.2, -0.15) is 0 Å². The molecular weight excluding hydrogens is 406 g/mol. The first-order chi connectivity index (χ1) is 14.3. The number of anilines is 2. The molecule has 0 saturated carbocycles. The van der Waals surface area contributed by atoms with Crippen molar-refractivity contribution in [2.75, 3.05) is 5.32 Å². The van der Waals surface area contributed by atoms with Crippen LogP contribution < -0.4 is 14.8 Å². The predicted molar refractivity (Wildman–Crippen MR) is 97.2 cm³/mol. The van der Waals surface area contributed by atoms with Crippen LogP contribution in [0.15, 0.2) is 42.7 Å². The summed E-state index contributed by atoms with van der Waals surface area (Å²) >= 11 is 0. The molecule has 2 aromatic heterocycles. The Labute approximate surface area is 165 Å². The number of nitrogens with one attached hydrogen (secondary N) is 1. The molecule has 0 bridgehead atoms. The number of aryl methyl sites for hydroxylation is 1. The van der Waals surface area contributed by atoms with E-state index in [9.17, 15) is 17.6 Å². The third-order valence-corrected chi connectivity index (χ3v) is 4.39. The predicted octanol–water partition coefficient (Wildman–Crippen LogP) is 4.47. The molecule has 2 aromatic carbocycles. The van der Waals surface area contributed by atoms with Gasteiger partial charge in [0.05, 0.1) is 23.4 Å². The van der Waals surface area contributed by atoms with E-state index in [4.69, 9.17) is 0 Å². The first-order valence-electron chi connectivity index (χ1n) is 8.62. The molecule has 0 atom stereocenters. The summed E-state index contributed by atoms with van der Waals surface area (Å²) < 4.78 is 63.9. The largest absolute Gasteiger partial charge is 0.586 e. The first-order valence-corrected chi connectivity index (χ1v) is 8.62. The van der Waals surface area contributed by atoms with Gasteiger partial charge >= 0.3 is 6.29 Å². The molecule has 3 heterocycles. The van der Waals surface area contributed by atoms with Crippen molar-refractivity contribution in [2.24, 2.45) is 0 Å². The minimum absolute atomic E-state index is 0.0832. The molecule has 0 amide bonds. The second kappa shape index (κ2) is 6.31. The van der Waals surface area contributed by atoms with E-state index in [0.29, 0.717) is 22.8 Å². The van der Waals surface area contributed by atoms with E-state index in [2.05, 4.69) is 29.7 Å². The Hall–Kier alpha value is -3.89. The van der Waals surface area contributed by atoms with E-state index >= 15 is 0 Å². The Morgan fingerprint density at radius 3 is 2.57 bits per heavy atom. The van der Waals surface area contributed by atoms with E-state index in [1.165, 1.54) is 35.2 Å². The lowest BCUT2D eigenvalue weighted by Gasteiger charge is -2.10. The second-order valence-corrected chi connectivity index (χ2v) is 6.47. The summed E-state index contributed by atoms with van der Waals surface area (Å²) in [5.74, 6) is -1.18. The summed E-state index contributed by atoms with van der Waals surface area (Å²) in [5.41, 5.74) is 0.994. The van der Waals surface area contributed by atoms with Crippen molar-refractivity contribution in [1.82, 2.24) is 19.5 Å². The van der Waals surface area contributed by atoms with Crippen LogP contribution >= 0.6 is 0 Å². The minimum atomic E-state index is -3.71. The summed E-state index contributed by atoms with van der Waals surface area (Å²) in [6.45, 7) is 1.66. The van der Waals surface area contributed by atoms with Gasteiger partial charge in [0.2, 0.25) is 0 Å². The standard InChI is InChI=1S/C19H11F4N5O2/c1-9-25-13-5-11(20)12(21)6-14(13)28(9)18-8-24-7-17(27-18)26-10-2-3-15-16(4-10)30-19(22,23)29-15/h2-8H,1H3,(H,26,27). The maximum Gasteiger partial charge on any atom is 0.586 e. The van der Waals surface area contributed by atoms with Crippen LogP contribution in [-0.4, -0.2) is 25.8 Å². The molecule has 0 saturated heterocycles. The van der Waals surface area contributed by atoms with Gasteiger partial charge in [-0.1, -0.05) is 0 Å². The van der Waals surface area contributed by atoms with Gasteiger partial charge < -0.3 is 14.8 Å². The van der Waals surface area contributed by atoms with Crippen molar-refractivity contribution in [3.8, 4) is 17.3 Å². The Bertz CT molecular complexity index is 1310. The number of nitrogens with zero attached hydrogens (tertiary/aromatic N) is 4. The highest BCUT2D eigenvalue weighted by atomic mass is 19.3. The van der Waals surface area contributed by atoms with Crippen LogP contribution in [0.5, 0.6) is 11.5 Å². The van der Waals surface area contributed by atoms with Crippen molar-refractivity contribution in [3.63, 3.8) is 0 Å². The molecule has 30 heavy (non-hydrogen) atoms. The van der Waals surface area contributed by atoms with Gasteiger partial charge in [-0.25, -0.2) is 18.7 Å². The fraction of sp³-hybridized carbons (Fsp3) is 0.105. The maximum atomic E-state index is 13.7. The lowest BCUT2D eigenvalue weighted by molar-refractivity contribution is -0.286. The molecular formula is C19H11F4N5O2. The van der Waals surface area contributed by atoms with Crippen LogP contribution in [0, 0.1) is 18.6 Å². The molecule has 1 aliphatic heterocycles. The van der Waals surface area contributed by atoms with Crippen LogP contribution in [0.1, 0.15) is 5.82 Å². The fourth-order valence-corrected chi connectivity index (χ4v) is 3.18. The summed E-state index contributed by atoms with van der Waals surface area (Å²) in [6, 6.07) is 6.21. The summed E-state index contributed by atoms with van der Waals surface area (Å²) in [6.07, 6.45) is -0.867. The van der Waals surface area contributed by atoms with Crippen molar-refractivity contribution >= 4 is 22.5 Å². The maximum absolute atomic E-state index is 13.7. The quantitative estimate of drug-likeness (QED) is 0.496. The van der Waals surface area contributed by atoms with Gasteiger partial charge in [0, 0.05) is 23.9 Å². The average Bonchev–Trinajstić information content (AvgIpc) is 3.15. The van der Waals surface area contributed by atoms with Gasteiger partial charge in [0.15, 0.2) is 34.8 Å². The molecule has 7 nitrogen and oxygen atoms in total. The van der Waals surface area contributed by atoms with Crippen molar-refractivity contribution in [2.45, 2.75) is 13.2 Å². The molecule has 11 heteroatoms. The topological polar surface area (TPSA) is 74.1 Å². The lowest BCUT2D eigenvalue weighted by Crippen LogP contribution is -2.25. The number of alkyl halides is 2. The van der Waals surface area contributed by atoms with Crippen molar-refractivity contribution in [3.05, 3.63) is 60.2 Å². The third kappa shape index (κ3) is 3.04. The van der Waals surface area contributed by atoms with Crippen LogP contribution in [0.4, 0.5) is 29.1 Å². The number of rotatable bonds is 3. The Morgan fingerprint density at radius 2 is 1.73 bits per heavy atom. The zero-order valence-electron chi connectivity index (χ0n) is 15.2. The van der Waals surface area contributed by atoms with E-state index in [1.54, 1.807) is 6.92 Å². The molecule has 0 aliphatic carbocycles. The molecule has 152 valence electrons. The number of halogens is 4. The fourth-order valence-electron chi connectivity index (χ4n) is 3.18. The third-order valence-electron chi connectivity index (χ3n) is 4.39. The van der Waals surface area contributed by atoms with E-state index in [1.807, 2.05) is 0 Å². The number of benzene rings is 2.